The second-order valence-electron chi connectivity index (χ2n) is 6.70. The molecule has 0 saturated heterocycles. The number of rotatable bonds is 4. The molecule has 2 aromatic carbocycles. The van der Waals surface area contributed by atoms with Crippen LogP contribution in [0.15, 0.2) is 48.7 Å². The van der Waals surface area contributed by atoms with E-state index in [2.05, 4.69) is 40.3 Å². The Morgan fingerprint density at radius 1 is 1.12 bits per heavy atom. The van der Waals surface area contributed by atoms with Gasteiger partial charge in [0.1, 0.15) is 0 Å². The highest BCUT2D eigenvalue weighted by Gasteiger charge is 2.23. The molecule has 124 valence electrons. The lowest BCUT2D eigenvalue weighted by molar-refractivity contribution is 0.605. The Hall–Kier alpha value is -2.00. The molecule has 0 unspecified atom stereocenters. The van der Waals surface area contributed by atoms with Crippen LogP contribution >= 0.6 is 11.6 Å². The normalized spacial score (nSPS) is 15.2. The van der Waals surface area contributed by atoms with Crippen LogP contribution in [0.1, 0.15) is 31.2 Å². The van der Waals surface area contributed by atoms with Crippen molar-refractivity contribution in [3.63, 3.8) is 0 Å². The lowest BCUT2D eigenvalue weighted by Crippen LogP contribution is -2.32. The molecule has 0 radical (unpaired) electrons. The van der Waals surface area contributed by atoms with Gasteiger partial charge in [0.2, 0.25) is 0 Å². The number of hydrogen-bond donors (Lipinski definition) is 0. The van der Waals surface area contributed by atoms with Gasteiger partial charge in [-0.25, -0.2) is 0 Å². The lowest BCUT2D eigenvalue weighted by Gasteiger charge is -2.31. The van der Waals surface area contributed by atoms with Gasteiger partial charge in [-0.05, 0) is 48.7 Å². The molecule has 1 aliphatic carbocycles. The van der Waals surface area contributed by atoms with Gasteiger partial charge in [-0.15, -0.1) is 0 Å². The molecular weight excluding hydrogens is 318 g/mol. The van der Waals surface area contributed by atoms with Gasteiger partial charge in [0.15, 0.2) is 0 Å². The van der Waals surface area contributed by atoms with Gasteiger partial charge in [0.25, 0.3) is 0 Å². The van der Waals surface area contributed by atoms with Gasteiger partial charge in [-0.3, -0.25) is 4.68 Å². The molecule has 4 rings (SSSR count). The third kappa shape index (κ3) is 3.01. The highest BCUT2D eigenvalue weighted by atomic mass is 35.5. The molecule has 24 heavy (non-hydrogen) atoms. The Balaban J connectivity index is 1.68. The van der Waals surface area contributed by atoms with E-state index in [1.807, 2.05) is 30.1 Å². The van der Waals surface area contributed by atoms with Gasteiger partial charge >= 0.3 is 0 Å². The highest BCUT2D eigenvalue weighted by molar-refractivity contribution is 6.30. The molecular formula is C20H22ClN3. The fourth-order valence-corrected chi connectivity index (χ4v) is 3.89. The molecule has 1 aromatic heterocycles. The van der Waals surface area contributed by atoms with Gasteiger partial charge in [-0.2, -0.15) is 5.10 Å². The summed E-state index contributed by atoms with van der Waals surface area (Å²) < 4.78 is 1.93. The largest absolute Gasteiger partial charge is 0.364 e. The van der Waals surface area contributed by atoms with E-state index in [-0.39, 0.29) is 0 Å². The molecule has 1 aliphatic rings. The monoisotopic (exact) mass is 339 g/mol. The quantitative estimate of drug-likeness (QED) is 0.653. The van der Waals surface area contributed by atoms with Crippen LogP contribution in [0.3, 0.4) is 0 Å². The summed E-state index contributed by atoms with van der Waals surface area (Å²) in [5.41, 5.74) is 3.77. The fourth-order valence-electron chi connectivity index (χ4n) is 3.76. The molecule has 1 fully saturated rings. The van der Waals surface area contributed by atoms with E-state index in [1.54, 1.807) is 0 Å². The van der Waals surface area contributed by atoms with E-state index in [9.17, 15) is 0 Å². The third-order valence-electron chi connectivity index (χ3n) is 5.09. The molecule has 1 saturated carbocycles. The molecule has 4 heteroatoms. The Morgan fingerprint density at radius 2 is 1.88 bits per heavy atom. The third-order valence-corrected chi connectivity index (χ3v) is 5.35. The number of fused-ring (bicyclic) bond motifs is 1. The van der Waals surface area contributed by atoms with Crippen molar-refractivity contribution in [1.29, 1.82) is 0 Å². The summed E-state index contributed by atoms with van der Waals surface area (Å²) in [6.07, 6.45) is 7.17. The first-order chi connectivity index (χ1) is 11.7. The van der Waals surface area contributed by atoms with E-state index < -0.39 is 0 Å². The number of anilines is 1. The summed E-state index contributed by atoms with van der Waals surface area (Å²) in [7, 11) is 1.99. The maximum Gasteiger partial charge on any atom is 0.0680 e. The summed E-state index contributed by atoms with van der Waals surface area (Å²) >= 11 is 6.04. The summed E-state index contributed by atoms with van der Waals surface area (Å²) in [5.74, 6) is 0. The number of aromatic nitrogens is 2. The minimum atomic E-state index is 0.620. The van der Waals surface area contributed by atoms with Gasteiger partial charge < -0.3 is 4.90 Å². The maximum absolute atomic E-state index is 6.04. The van der Waals surface area contributed by atoms with E-state index in [4.69, 9.17) is 11.6 Å². The number of nitrogens with zero attached hydrogens (tertiary/aromatic N) is 3. The van der Waals surface area contributed by atoms with Crippen LogP contribution < -0.4 is 4.90 Å². The van der Waals surface area contributed by atoms with Crippen LogP contribution in [-0.4, -0.2) is 15.8 Å². The van der Waals surface area contributed by atoms with Crippen molar-refractivity contribution in [2.24, 2.45) is 7.05 Å². The van der Waals surface area contributed by atoms with Crippen LogP contribution in [0.5, 0.6) is 0 Å². The predicted octanol–water partition coefficient (Wildman–Crippen LogP) is 5.18. The summed E-state index contributed by atoms with van der Waals surface area (Å²) in [4.78, 5) is 2.56. The number of halogens is 1. The first kappa shape index (κ1) is 15.5. The topological polar surface area (TPSA) is 21.1 Å². The van der Waals surface area contributed by atoms with Crippen molar-refractivity contribution in [3.8, 4) is 0 Å². The van der Waals surface area contributed by atoms with Crippen LogP contribution in [0.4, 0.5) is 5.69 Å². The van der Waals surface area contributed by atoms with E-state index >= 15 is 0 Å². The number of hydrogen-bond acceptors (Lipinski definition) is 2. The van der Waals surface area contributed by atoms with Crippen molar-refractivity contribution < 1.29 is 0 Å². The minimum absolute atomic E-state index is 0.620. The van der Waals surface area contributed by atoms with E-state index in [0.29, 0.717) is 6.04 Å². The Morgan fingerprint density at radius 3 is 2.62 bits per heavy atom. The van der Waals surface area contributed by atoms with Gasteiger partial charge in [-0.1, -0.05) is 36.6 Å². The predicted molar refractivity (Wildman–Crippen MR) is 101 cm³/mol. The van der Waals surface area contributed by atoms with Crippen LogP contribution in [0.2, 0.25) is 5.02 Å². The second-order valence-corrected chi connectivity index (χ2v) is 7.14. The average Bonchev–Trinajstić information content (AvgIpc) is 3.24. The zero-order valence-electron chi connectivity index (χ0n) is 14.0. The molecule has 0 amide bonds. The van der Waals surface area contributed by atoms with Crippen molar-refractivity contribution in [2.45, 2.75) is 38.3 Å². The molecule has 3 nitrogen and oxygen atoms in total. The van der Waals surface area contributed by atoms with Gasteiger partial charge in [0.05, 0.1) is 11.7 Å². The van der Waals surface area contributed by atoms with Gasteiger partial charge in [0, 0.05) is 35.7 Å². The minimum Gasteiger partial charge on any atom is -0.364 e. The van der Waals surface area contributed by atoms with Crippen LogP contribution in [-0.2, 0) is 13.6 Å². The molecule has 0 spiro atoms. The number of aryl methyl sites for hydroxylation is 1. The zero-order valence-corrected chi connectivity index (χ0v) is 14.7. The van der Waals surface area contributed by atoms with Crippen molar-refractivity contribution in [2.75, 3.05) is 4.90 Å². The standard InChI is InChI=1S/C20H22ClN3/c1-23-20-11-10-19(12-16(20)13-22-23)24(18-4-2-3-5-18)14-15-6-8-17(21)9-7-15/h6-13,18H,2-5,14H2,1H3. The molecule has 1 heterocycles. The number of benzene rings is 2. The molecule has 0 atom stereocenters. The molecule has 0 aliphatic heterocycles. The first-order valence-electron chi connectivity index (χ1n) is 8.63. The van der Waals surface area contributed by atoms with Crippen LogP contribution in [0, 0.1) is 0 Å². The summed E-state index contributed by atoms with van der Waals surface area (Å²) in [6.45, 7) is 0.924. The Kier molecular flexibility index (Phi) is 4.19. The van der Waals surface area contributed by atoms with Crippen molar-refractivity contribution in [3.05, 3.63) is 59.2 Å². The SMILES string of the molecule is Cn1ncc2cc(N(Cc3ccc(Cl)cc3)C3CCCC3)ccc21. The van der Waals surface area contributed by atoms with E-state index in [0.717, 1.165) is 11.6 Å². The zero-order chi connectivity index (χ0) is 16.5. The smallest absolute Gasteiger partial charge is 0.0680 e. The lowest BCUT2D eigenvalue weighted by atomic mass is 10.1. The van der Waals surface area contributed by atoms with Crippen LogP contribution in [0.25, 0.3) is 10.9 Å². The maximum atomic E-state index is 6.04. The summed E-state index contributed by atoms with van der Waals surface area (Å²) in [6, 6.07) is 15.5. The fraction of sp³-hybridized carbons (Fsp3) is 0.350. The molecule has 0 bridgehead atoms. The second kappa shape index (κ2) is 6.48. The highest BCUT2D eigenvalue weighted by Crippen LogP contribution is 2.31. The first-order valence-corrected chi connectivity index (χ1v) is 9.01. The Bertz CT molecular complexity index is 832. The molecule has 0 N–H and O–H groups in total. The molecule has 3 aromatic rings. The average molecular weight is 340 g/mol. The van der Waals surface area contributed by atoms with Crippen molar-refractivity contribution >= 4 is 28.2 Å². The van der Waals surface area contributed by atoms with Crippen molar-refractivity contribution in [1.82, 2.24) is 9.78 Å². The summed E-state index contributed by atoms with van der Waals surface area (Å²) in [5, 5.41) is 6.37. The Labute approximate surface area is 147 Å². The van der Waals surface area contributed by atoms with E-state index in [1.165, 1.54) is 47.8 Å².